The summed E-state index contributed by atoms with van der Waals surface area (Å²) in [6, 6.07) is 0.0935. The van der Waals surface area contributed by atoms with Crippen molar-refractivity contribution in [3.05, 3.63) is 40.7 Å². The summed E-state index contributed by atoms with van der Waals surface area (Å²) in [4.78, 5) is 8.54. The van der Waals surface area contributed by atoms with E-state index in [1.165, 1.54) is 0 Å². The van der Waals surface area contributed by atoms with Crippen LogP contribution in [0.25, 0.3) is 0 Å². The van der Waals surface area contributed by atoms with E-state index in [0.29, 0.717) is 0 Å². The predicted octanol–water partition coefficient (Wildman–Crippen LogP) is 2.46. The molecule has 0 aliphatic carbocycles. The fourth-order valence-electron chi connectivity index (χ4n) is 2.19. The van der Waals surface area contributed by atoms with Gasteiger partial charge in [-0.3, -0.25) is 14.6 Å². The third kappa shape index (κ3) is 3.35. The highest BCUT2D eigenvalue weighted by Crippen LogP contribution is 2.24. The molecule has 2 rings (SSSR count). The Hall–Kier alpha value is -1.46. The molecule has 0 spiro atoms. The van der Waals surface area contributed by atoms with Crippen LogP contribution in [0.5, 0.6) is 0 Å². The van der Waals surface area contributed by atoms with Crippen molar-refractivity contribution in [3.8, 4) is 0 Å². The van der Waals surface area contributed by atoms with Crippen molar-refractivity contribution in [2.75, 3.05) is 6.54 Å². The number of aromatic nitrogens is 4. The first-order chi connectivity index (χ1) is 9.63. The maximum atomic E-state index is 6.33. The molecule has 0 aliphatic rings. The summed E-state index contributed by atoms with van der Waals surface area (Å²) >= 11 is 6.33. The van der Waals surface area contributed by atoms with Gasteiger partial charge in [-0.1, -0.05) is 18.5 Å². The minimum Gasteiger partial charge on any atom is -0.308 e. The van der Waals surface area contributed by atoms with E-state index < -0.39 is 0 Å². The molecule has 20 heavy (non-hydrogen) atoms. The molecule has 0 bridgehead atoms. The molecule has 2 aromatic rings. The maximum absolute atomic E-state index is 6.33. The lowest BCUT2D eigenvalue weighted by molar-refractivity contribution is 0.500. The van der Waals surface area contributed by atoms with Crippen molar-refractivity contribution in [3.63, 3.8) is 0 Å². The molecule has 0 fully saturated rings. The molecule has 0 saturated carbocycles. The maximum Gasteiger partial charge on any atom is 0.0847 e. The van der Waals surface area contributed by atoms with Gasteiger partial charge in [-0.05, 0) is 19.9 Å². The standard InChI is InChI=1S/C14H20ClN5/c1-4-5-17-11(12-9-16-6-7-18-12)8-13-14(15)10(2)19-20(13)3/h6-7,9,11,17H,4-5,8H2,1-3H3. The Morgan fingerprint density at radius 1 is 1.40 bits per heavy atom. The summed E-state index contributed by atoms with van der Waals surface area (Å²) in [7, 11) is 1.92. The SMILES string of the molecule is CCCNC(Cc1c(Cl)c(C)nn1C)c1cnccn1. The average molecular weight is 294 g/mol. The average Bonchev–Trinajstić information content (AvgIpc) is 2.70. The Kier molecular flexibility index (Phi) is 5.09. The largest absolute Gasteiger partial charge is 0.308 e. The van der Waals surface area contributed by atoms with E-state index >= 15 is 0 Å². The van der Waals surface area contributed by atoms with Crippen LogP contribution in [-0.4, -0.2) is 26.3 Å². The van der Waals surface area contributed by atoms with Crippen LogP contribution in [0.15, 0.2) is 18.6 Å². The molecular formula is C14H20ClN5. The monoisotopic (exact) mass is 293 g/mol. The minimum absolute atomic E-state index is 0.0935. The molecule has 1 N–H and O–H groups in total. The van der Waals surface area contributed by atoms with E-state index in [0.717, 1.165) is 41.5 Å². The topological polar surface area (TPSA) is 55.6 Å². The third-order valence-corrected chi connectivity index (χ3v) is 3.73. The van der Waals surface area contributed by atoms with Crippen LogP contribution >= 0.6 is 11.6 Å². The molecule has 1 atom stereocenters. The molecule has 108 valence electrons. The van der Waals surface area contributed by atoms with Crippen LogP contribution in [0.3, 0.4) is 0 Å². The van der Waals surface area contributed by atoms with Gasteiger partial charge in [0, 0.05) is 32.1 Å². The van der Waals surface area contributed by atoms with E-state index in [9.17, 15) is 0 Å². The van der Waals surface area contributed by atoms with E-state index in [4.69, 9.17) is 11.6 Å². The predicted molar refractivity (Wildman–Crippen MR) is 79.7 cm³/mol. The Morgan fingerprint density at radius 3 is 2.75 bits per heavy atom. The Morgan fingerprint density at radius 2 is 2.20 bits per heavy atom. The molecule has 1 unspecified atom stereocenters. The van der Waals surface area contributed by atoms with Gasteiger partial charge in [-0.15, -0.1) is 0 Å². The van der Waals surface area contributed by atoms with Crippen LogP contribution < -0.4 is 5.32 Å². The zero-order chi connectivity index (χ0) is 14.5. The van der Waals surface area contributed by atoms with Gasteiger partial charge in [0.15, 0.2) is 0 Å². The van der Waals surface area contributed by atoms with Crippen LogP contribution in [-0.2, 0) is 13.5 Å². The summed E-state index contributed by atoms with van der Waals surface area (Å²) in [5, 5.41) is 8.59. The van der Waals surface area contributed by atoms with Crippen LogP contribution in [0.2, 0.25) is 5.02 Å². The molecule has 6 heteroatoms. The second-order valence-corrected chi connectivity index (χ2v) is 5.19. The molecule has 0 saturated heterocycles. The molecule has 2 aromatic heterocycles. The Bertz CT molecular complexity index is 552. The van der Waals surface area contributed by atoms with Gasteiger partial charge < -0.3 is 5.32 Å². The second-order valence-electron chi connectivity index (χ2n) is 4.81. The van der Waals surface area contributed by atoms with E-state index in [2.05, 4.69) is 27.3 Å². The smallest absolute Gasteiger partial charge is 0.0847 e. The highest BCUT2D eigenvalue weighted by Gasteiger charge is 2.19. The zero-order valence-corrected chi connectivity index (χ0v) is 12.9. The van der Waals surface area contributed by atoms with Crippen LogP contribution in [0.1, 0.15) is 36.5 Å². The molecule has 0 amide bonds. The fraction of sp³-hybridized carbons (Fsp3) is 0.500. The van der Waals surface area contributed by atoms with Crippen molar-refractivity contribution < 1.29 is 0 Å². The number of rotatable bonds is 6. The highest BCUT2D eigenvalue weighted by atomic mass is 35.5. The van der Waals surface area contributed by atoms with Crippen LogP contribution in [0.4, 0.5) is 0 Å². The summed E-state index contributed by atoms with van der Waals surface area (Å²) in [5.74, 6) is 0. The van der Waals surface area contributed by atoms with Gasteiger partial charge in [0.1, 0.15) is 0 Å². The number of nitrogens with zero attached hydrogens (tertiary/aromatic N) is 4. The van der Waals surface area contributed by atoms with Gasteiger partial charge in [0.2, 0.25) is 0 Å². The minimum atomic E-state index is 0.0935. The highest BCUT2D eigenvalue weighted by molar-refractivity contribution is 6.31. The van der Waals surface area contributed by atoms with E-state index in [1.807, 2.05) is 18.7 Å². The summed E-state index contributed by atoms with van der Waals surface area (Å²) in [6.45, 7) is 4.99. The van der Waals surface area contributed by atoms with Crippen LogP contribution in [0, 0.1) is 6.92 Å². The first-order valence-corrected chi connectivity index (χ1v) is 7.18. The first kappa shape index (κ1) is 14.9. The molecule has 2 heterocycles. The second kappa shape index (κ2) is 6.81. The van der Waals surface area contributed by atoms with Gasteiger partial charge in [-0.25, -0.2) is 0 Å². The van der Waals surface area contributed by atoms with Crippen molar-refractivity contribution in [2.24, 2.45) is 7.05 Å². The number of nitrogens with one attached hydrogen (secondary N) is 1. The Labute approximate surface area is 124 Å². The molecule has 0 aromatic carbocycles. The molecule has 0 aliphatic heterocycles. The zero-order valence-electron chi connectivity index (χ0n) is 12.1. The van der Waals surface area contributed by atoms with E-state index in [1.54, 1.807) is 18.6 Å². The van der Waals surface area contributed by atoms with Crippen molar-refractivity contribution in [1.82, 2.24) is 25.1 Å². The normalized spacial score (nSPS) is 12.6. The molecular weight excluding hydrogens is 274 g/mol. The van der Waals surface area contributed by atoms with Gasteiger partial charge in [0.05, 0.1) is 28.1 Å². The third-order valence-electron chi connectivity index (χ3n) is 3.24. The first-order valence-electron chi connectivity index (χ1n) is 6.80. The number of halogens is 1. The lowest BCUT2D eigenvalue weighted by Gasteiger charge is -2.18. The lowest BCUT2D eigenvalue weighted by atomic mass is 10.1. The number of hydrogen-bond acceptors (Lipinski definition) is 4. The lowest BCUT2D eigenvalue weighted by Crippen LogP contribution is -2.26. The fourth-order valence-corrected chi connectivity index (χ4v) is 2.42. The van der Waals surface area contributed by atoms with Gasteiger partial charge in [0.25, 0.3) is 0 Å². The Balaban J connectivity index is 2.24. The number of aryl methyl sites for hydroxylation is 2. The molecule has 5 nitrogen and oxygen atoms in total. The summed E-state index contributed by atoms with van der Waals surface area (Å²) in [6.07, 6.45) is 7.00. The van der Waals surface area contributed by atoms with Crippen molar-refractivity contribution in [1.29, 1.82) is 0 Å². The molecule has 0 radical (unpaired) electrons. The van der Waals surface area contributed by atoms with Crippen molar-refractivity contribution >= 4 is 11.6 Å². The van der Waals surface area contributed by atoms with E-state index in [-0.39, 0.29) is 6.04 Å². The van der Waals surface area contributed by atoms with Gasteiger partial charge in [-0.2, -0.15) is 5.10 Å². The van der Waals surface area contributed by atoms with Gasteiger partial charge >= 0.3 is 0 Å². The van der Waals surface area contributed by atoms with Crippen molar-refractivity contribution in [2.45, 2.75) is 32.7 Å². The summed E-state index contributed by atoms with van der Waals surface area (Å²) < 4.78 is 1.84. The summed E-state index contributed by atoms with van der Waals surface area (Å²) in [5.41, 5.74) is 2.80. The number of hydrogen-bond donors (Lipinski definition) is 1. The quantitative estimate of drug-likeness (QED) is 0.889.